The third-order valence-corrected chi connectivity index (χ3v) is 8.42. The minimum Gasteiger partial charge on any atom is -0.490 e. The van der Waals surface area contributed by atoms with Gasteiger partial charge in [-0.15, -0.1) is 0 Å². The van der Waals surface area contributed by atoms with E-state index in [4.69, 9.17) is 14.2 Å². The van der Waals surface area contributed by atoms with Gasteiger partial charge in [0.25, 0.3) is 5.91 Å². The van der Waals surface area contributed by atoms with Gasteiger partial charge in [0.1, 0.15) is 29.6 Å². The van der Waals surface area contributed by atoms with Crippen LogP contribution in [0.3, 0.4) is 0 Å². The minimum atomic E-state index is -4.67. The average molecular weight is 617 g/mol. The first-order valence-electron chi connectivity index (χ1n) is 14.7. The molecule has 1 aromatic heterocycles. The van der Waals surface area contributed by atoms with Crippen LogP contribution in [0.1, 0.15) is 66.1 Å². The van der Waals surface area contributed by atoms with Crippen molar-refractivity contribution in [2.24, 2.45) is 5.92 Å². The van der Waals surface area contributed by atoms with E-state index in [-0.39, 0.29) is 52.6 Å². The molecule has 12 heteroatoms. The van der Waals surface area contributed by atoms with E-state index in [1.54, 1.807) is 18.2 Å². The standard InChI is InChI=1S/C32H29F5N2O5/c33-23-9-1-16(11-24(23)34)28-29-21(22(14-42-29)32(35,36)37)13-27(39-28)31(41,18-3-4-18)15-38-30(40)17-2-10-25(43-19-5-6-19)26(12-17)44-20-7-8-20/h1-2,9-13,18-20,22,41H,3-8,14-15H2,(H,38,40)/t22-,31-/m1/s1. The lowest BCUT2D eigenvalue weighted by Gasteiger charge is -2.29. The maximum atomic E-state index is 14.2. The second kappa shape index (κ2) is 10.6. The van der Waals surface area contributed by atoms with Crippen molar-refractivity contribution < 1.29 is 46.1 Å². The summed E-state index contributed by atoms with van der Waals surface area (Å²) < 4.78 is 87.2. The Morgan fingerprint density at radius 3 is 2.27 bits per heavy atom. The number of carbonyl (C=O) groups excluding carboxylic acids is 1. The number of hydrogen-bond donors (Lipinski definition) is 2. The Bertz CT molecular complexity index is 1620. The van der Waals surface area contributed by atoms with E-state index in [0.717, 1.165) is 43.9 Å². The molecule has 0 unspecified atom stereocenters. The van der Waals surface area contributed by atoms with E-state index in [1.807, 2.05) is 0 Å². The van der Waals surface area contributed by atoms with Crippen molar-refractivity contribution in [1.82, 2.24) is 10.3 Å². The summed E-state index contributed by atoms with van der Waals surface area (Å²) >= 11 is 0. The fourth-order valence-electron chi connectivity index (χ4n) is 5.44. The van der Waals surface area contributed by atoms with E-state index in [1.165, 1.54) is 6.07 Å². The molecule has 0 spiro atoms. The third-order valence-electron chi connectivity index (χ3n) is 8.42. The highest BCUT2D eigenvalue weighted by Gasteiger charge is 2.51. The molecule has 232 valence electrons. The van der Waals surface area contributed by atoms with E-state index in [9.17, 15) is 31.9 Å². The zero-order chi connectivity index (χ0) is 30.8. The highest BCUT2D eigenvalue weighted by molar-refractivity contribution is 5.95. The van der Waals surface area contributed by atoms with Crippen LogP contribution in [-0.2, 0) is 5.60 Å². The topological polar surface area (TPSA) is 89.9 Å². The van der Waals surface area contributed by atoms with Gasteiger partial charge >= 0.3 is 6.18 Å². The lowest BCUT2D eigenvalue weighted by atomic mass is 9.88. The molecule has 4 aliphatic rings. The van der Waals surface area contributed by atoms with Gasteiger partial charge in [-0.05, 0) is 86.9 Å². The molecule has 3 saturated carbocycles. The van der Waals surface area contributed by atoms with Crippen molar-refractivity contribution in [3.05, 3.63) is 70.9 Å². The third kappa shape index (κ3) is 5.67. The van der Waals surface area contributed by atoms with Crippen molar-refractivity contribution in [3.8, 4) is 28.5 Å². The number of benzene rings is 2. The maximum Gasteiger partial charge on any atom is 0.399 e. The molecular formula is C32H29F5N2O5. The van der Waals surface area contributed by atoms with Crippen LogP contribution in [0.2, 0.25) is 0 Å². The lowest BCUT2D eigenvalue weighted by molar-refractivity contribution is -0.151. The number of nitrogens with one attached hydrogen (secondary N) is 1. The molecular weight excluding hydrogens is 587 g/mol. The highest BCUT2D eigenvalue weighted by Crippen LogP contribution is 2.51. The highest BCUT2D eigenvalue weighted by atomic mass is 19.4. The van der Waals surface area contributed by atoms with E-state index >= 15 is 0 Å². The molecule has 3 aromatic rings. The van der Waals surface area contributed by atoms with Gasteiger partial charge in [0, 0.05) is 16.7 Å². The number of aromatic nitrogens is 1. The molecule has 2 heterocycles. The van der Waals surface area contributed by atoms with Crippen LogP contribution in [0.25, 0.3) is 11.3 Å². The number of pyridine rings is 1. The first-order valence-corrected chi connectivity index (χ1v) is 14.7. The molecule has 3 aliphatic carbocycles. The Balaban J connectivity index is 1.21. The van der Waals surface area contributed by atoms with Gasteiger partial charge in [0.15, 0.2) is 23.1 Å². The predicted molar refractivity (Wildman–Crippen MR) is 147 cm³/mol. The van der Waals surface area contributed by atoms with E-state index < -0.39 is 47.8 Å². The Labute approximate surface area is 249 Å². The van der Waals surface area contributed by atoms with Gasteiger partial charge in [0.05, 0.1) is 24.4 Å². The zero-order valence-electron chi connectivity index (χ0n) is 23.4. The van der Waals surface area contributed by atoms with Crippen LogP contribution in [-0.4, -0.2) is 47.5 Å². The number of nitrogens with zero attached hydrogens (tertiary/aromatic N) is 1. The first kappa shape index (κ1) is 28.8. The molecule has 7 rings (SSSR count). The summed E-state index contributed by atoms with van der Waals surface area (Å²) in [6.07, 6.45) is 0.357. The van der Waals surface area contributed by atoms with Crippen molar-refractivity contribution in [3.63, 3.8) is 0 Å². The fraction of sp³-hybridized carbons (Fsp3) is 0.438. The number of carbonyl (C=O) groups is 1. The molecule has 0 radical (unpaired) electrons. The van der Waals surface area contributed by atoms with Gasteiger partial charge in [-0.3, -0.25) is 4.79 Å². The van der Waals surface area contributed by atoms with Crippen LogP contribution in [0.4, 0.5) is 22.0 Å². The molecule has 2 N–H and O–H groups in total. The zero-order valence-corrected chi connectivity index (χ0v) is 23.4. The van der Waals surface area contributed by atoms with Crippen LogP contribution < -0.4 is 19.5 Å². The minimum absolute atomic E-state index is 0.0105. The van der Waals surface area contributed by atoms with Crippen molar-refractivity contribution in [1.29, 1.82) is 0 Å². The number of rotatable bonds is 10. The second-order valence-corrected chi connectivity index (χ2v) is 12.0. The molecule has 1 amide bonds. The van der Waals surface area contributed by atoms with Gasteiger partial charge < -0.3 is 24.6 Å². The summed E-state index contributed by atoms with van der Waals surface area (Å²) in [7, 11) is 0. The number of halogens is 5. The van der Waals surface area contributed by atoms with Crippen LogP contribution in [0.5, 0.6) is 17.2 Å². The predicted octanol–water partition coefficient (Wildman–Crippen LogP) is 6.18. The number of ether oxygens (including phenoxy) is 3. The SMILES string of the molecule is O=C(NC[C@](O)(c1cc2c(c(-c3ccc(F)c(F)c3)n1)OC[C@H]2C(F)(F)F)C1CC1)c1ccc(OC2CC2)c(OC2CC2)c1. The van der Waals surface area contributed by atoms with E-state index in [2.05, 4.69) is 10.3 Å². The summed E-state index contributed by atoms with van der Waals surface area (Å²) in [4.78, 5) is 17.8. The molecule has 44 heavy (non-hydrogen) atoms. The Hall–Kier alpha value is -3.93. The van der Waals surface area contributed by atoms with E-state index in [0.29, 0.717) is 24.3 Å². The molecule has 2 atom stereocenters. The normalized spacial score (nSPS) is 20.8. The van der Waals surface area contributed by atoms with Crippen LogP contribution in [0, 0.1) is 17.6 Å². The molecule has 0 saturated heterocycles. The second-order valence-electron chi connectivity index (χ2n) is 12.0. The number of alkyl halides is 3. The number of amides is 1. The van der Waals surface area contributed by atoms with Gasteiger partial charge in [-0.2, -0.15) is 13.2 Å². The number of hydrogen-bond acceptors (Lipinski definition) is 6. The molecule has 3 fully saturated rings. The van der Waals surface area contributed by atoms with Crippen molar-refractivity contribution in [2.75, 3.05) is 13.2 Å². The summed E-state index contributed by atoms with van der Waals surface area (Å²) in [6.45, 7) is -1.07. The van der Waals surface area contributed by atoms with Crippen LogP contribution in [0.15, 0.2) is 42.5 Å². The average Bonchev–Trinajstić information content (AvgIpc) is 3.84. The van der Waals surface area contributed by atoms with Gasteiger partial charge in [-0.25, -0.2) is 13.8 Å². The molecule has 0 bridgehead atoms. The van der Waals surface area contributed by atoms with Crippen molar-refractivity contribution >= 4 is 5.91 Å². The summed E-state index contributed by atoms with van der Waals surface area (Å²) in [5.74, 6) is -4.48. The molecule has 2 aromatic carbocycles. The quantitative estimate of drug-likeness (QED) is 0.265. The summed E-state index contributed by atoms with van der Waals surface area (Å²) in [6, 6.07) is 8.85. The Kier molecular flexibility index (Phi) is 6.95. The fourth-order valence-corrected chi connectivity index (χ4v) is 5.44. The first-order chi connectivity index (χ1) is 21.0. The summed E-state index contributed by atoms with van der Waals surface area (Å²) in [5.41, 5.74) is -2.13. The van der Waals surface area contributed by atoms with Gasteiger partial charge in [0.2, 0.25) is 0 Å². The Morgan fingerprint density at radius 1 is 0.932 bits per heavy atom. The largest absolute Gasteiger partial charge is 0.490 e. The van der Waals surface area contributed by atoms with Crippen molar-refractivity contribution in [2.45, 2.75) is 68.4 Å². The monoisotopic (exact) mass is 616 g/mol. The molecule has 7 nitrogen and oxygen atoms in total. The summed E-state index contributed by atoms with van der Waals surface area (Å²) in [5, 5.41) is 14.7. The molecule has 1 aliphatic heterocycles. The number of aliphatic hydroxyl groups is 1. The van der Waals surface area contributed by atoms with Crippen LogP contribution >= 0.6 is 0 Å². The number of fused-ring (bicyclic) bond motifs is 1. The lowest BCUT2D eigenvalue weighted by Crippen LogP contribution is -2.43. The van der Waals surface area contributed by atoms with Gasteiger partial charge in [-0.1, -0.05) is 0 Å². The Morgan fingerprint density at radius 2 is 1.64 bits per heavy atom. The smallest absolute Gasteiger partial charge is 0.399 e. The maximum absolute atomic E-state index is 14.2.